The summed E-state index contributed by atoms with van der Waals surface area (Å²) in [7, 11) is 1.53. The molecule has 1 amide bonds. The van der Waals surface area contributed by atoms with E-state index in [1.807, 2.05) is 0 Å². The first-order valence-corrected chi connectivity index (χ1v) is 5.92. The number of ether oxygens (including phenoxy) is 1. The van der Waals surface area contributed by atoms with Gasteiger partial charge in [-0.25, -0.2) is 9.97 Å². The van der Waals surface area contributed by atoms with Crippen LogP contribution >= 0.6 is 15.9 Å². The van der Waals surface area contributed by atoms with Crippen molar-refractivity contribution in [2.75, 3.05) is 12.4 Å². The fourth-order valence-electron chi connectivity index (χ4n) is 1.32. The van der Waals surface area contributed by atoms with Gasteiger partial charge in [-0.05, 0) is 34.1 Å². The van der Waals surface area contributed by atoms with E-state index in [1.165, 1.54) is 13.3 Å². The Morgan fingerprint density at radius 2 is 2.17 bits per heavy atom. The van der Waals surface area contributed by atoms with Gasteiger partial charge in [0.1, 0.15) is 5.69 Å². The second-order valence-corrected chi connectivity index (χ2v) is 4.23. The third-order valence-electron chi connectivity index (χ3n) is 2.18. The highest BCUT2D eigenvalue weighted by atomic mass is 79.9. The van der Waals surface area contributed by atoms with E-state index in [0.29, 0.717) is 21.7 Å². The van der Waals surface area contributed by atoms with Gasteiger partial charge in [0.25, 0.3) is 5.91 Å². The topological polar surface area (TPSA) is 64.1 Å². The number of nitrogens with zero attached hydrogens (tertiary/aromatic N) is 2. The van der Waals surface area contributed by atoms with Gasteiger partial charge in [-0.3, -0.25) is 4.79 Å². The van der Waals surface area contributed by atoms with E-state index >= 15 is 0 Å². The van der Waals surface area contributed by atoms with E-state index in [4.69, 9.17) is 4.74 Å². The monoisotopic (exact) mass is 307 g/mol. The largest absolute Gasteiger partial charge is 0.481 e. The zero-order chi connectivity index (χ0) is 13.0. The van der Waals surface area contributed by atoms with Gasteiger partial charge in [0.05, 0.1) is 19.0 Å². The first-order chi connectivity index (χ1) is 8.70. The molecule has 92 valence electrons. The predicted octanol–water partition coefficient (Wildman–Crippen LogP) is 2.50. The molecule has 2 aromatic rings. The van der Waals surface area contributed by atoms with Crippen LogP contribution in [-0.4, -0.2) is 23.0 Å². The van der Waals surface area contributed by atoms with E-state index in [2.05, 4.69) is 31.2 Å². The van der Waals surface area contributed by atoms with E-state index in [9.17, 15) is 4.79 Å². The summed E-state index contributed by atoms with van der Waals surface area (Å²) < 4.78 is 5.58. The maximum Gasteiger partial charge on any atom is 0.275 e. The SMILES string of the molecule is COc1ccc(NC(=O)c2ncccc2Br)cn1. The van der Waals surface area contributed by atoms with Crippen molar-refractivity contribution in [3.8, 4) is 5.88 Å². The van der Waals surface area contributed by atoms with E-state index < -0.39 is 0 Å². The van der Waals surface area contributed by atoms with Crippen molar-refractivity contribution in [3.63, 3.8) is 0 Å². The lowest BCUT2D eigenvalue weighted by Crippen LogP contribution is -2.14. The maximum absolute atomic E-state index is 11.9. The number of carbonyl (C=O) groups is 1. The minimum absolute atomic E-state index is 0.297. The molecule has 0 unspecified atom stereocenters. The van der Waals surface area contributed by atoms with E-state index in [0.717, 1.165) is 0 Å². The van der Waals surface area contributed by atoms with Gasteiger partial charge in [-0.15, -0.1) is 0 Å². The Morgan fingerprint density at radius 3 is 2.78 bits per heavy atom. The molecule has 0 aliphatic carbocycles. The maximum atomic E-state index is 11.9. The highest BCUT2D eigenvalue weighted by Gasteiger charge is 2.11. The molecule has 0 spiro atoms. The van der Waals surface area contributed by atoms with Crippen molar-refractivity contribution < 1.29 is 9.53 Å². The summed E-state index contributed by atoms with van der Waals surface area (Å²) in [5, 5.41) is 2.70. The summed E-state index contributed by atoms with van der Waals surface area (Å²) in [6.07, 6.45) is 3.08. The van der Waals surface area contributed by atoms with E-state index in [1.54, 1.807) is 30.5 Å². The van der Waals surface area contributed by atoms with Crippen molar-refractivity contribution in [1.29, 1.82) is 0 Å². The van der Waals surface area contributed by atoms with Crippen LogP contribution in [0, 0.1) is 0 Å². The van der Waals surface area contributed by atoms with Gasteiger partial charge in [0, 0.05) is 16.7 Å². The molecule has 0 aliphatic rings. The fraction of sp³-hybridized carbons (Fsp3) is 0.0833. The summed E-state index contributed by atoms with van der Waals surface area (Å²) in [6.45, 7) is 0. The number of aromatic nitrogens is 2. The molecular formula is C12H10BrN3O2. The van der Waals surface area contributed by atoms with Gasteiger partial charge in [0.2, 0.25) is 5.88 Å². The number of pyridine rings is 2. The summed E-state index contributed by atoms with van der Waals surface area (Å²) >= 11 is 3.27. The summed E-state index contributed by atoms with van der Waals surface area (Å²) in [5.74, 6) is 0.196. The minimum Gasteiger partial charge on any atom is -0.481 e. The highest BCUT2D eigenvalue weighted by molar-refractivity contribution is 9.10. The lowest BCUT2D eigenvalue weighted by molar-refractivity contribution is 0.102. The Bertz CT molecular complexity index is 558. The summed E-state index contributed by atoms with van der Waals surface area (Å²) in [4.78, 5) is 19.9. The first kappa shape index (κ1) is 12.5. The lowest BCUT2D eigenvalue weighted by Gasteiger charge is -2.06. The minimum atomic E-state index is -0.297. The molecule has 0 aromatic carbocycles. The molecule has 5 nitrogen and oxygen atoms in total. The van der Waals surface area contributed by atoms with Crippen LogP contribution in [0.4, 0.5) is 5.69 Å². The summed E-state index contributed by atoms with van der Waals surface area (Å²) in [6, 6.07) is 6.88. The molecule has 2 aromatic heterocycles. The zero-order valence-electron chi connectivity index (χ0n) is 9.55. The number of amides is 1. The molecule has 18 heavy (non-hydrogen) atoms. The second-order valence-electron chi connectivity index (χ2n) is 3.38. The van der Waals surface area contributed by atoms with Crippen molar-refractivity contribution in [2.45, 2.75) is 0 Å². The fourth-order valence-corrected chi connectivity index (χ4v) is 1.75. The Hall–Kier alpha value is -1.95. The van der Waals surface area contributed by atoms with E-state index in [-0.39, 0.29) is 5.91 Å². The van der Waals surface area contributed by atoms with Crippen molar-refractivity contribution >= 4 is 27.5 Å². The molecule has 0 saturated heterocycles. The van der Waals surface area contributed by atoms with Crippen molar-refractivity contribution in [2.24, 2.45) is 0 Å². The summed E-state index contributed by atoms with van der Waals surface area (Å²) in [5.41, 5.74) is 0.909. The molecule has 0 atom stereocenters. The molecule has 0 fully saturated rings. The van der Waals surface area contributed by atoms with Gasteiger partial charge in [-0.2, -0.15) is 0 Å². The standard InChI is InChI=1S/C12H10BrN3O2/c1-18-10-5-4-8(7-15-10)16-12(17)11-9(13)3-2-6-14-11/h2-7H,1H3,(H,16,17). The molecular weight excluding hydrogens is 298 g/mol. The number of hydrogen-bond donors (Lipinski definition) is 1. The number of anilines is 1. The van der Waals surface area contributed by atoms with Crippen molar-refractivity contribution in [3.05, 3.63) is 46.8 Å². The number of halogens is 1. The highest BCUT2D eigenvalue weighted by Crippen LogP contribution is 2.16. The number of methoxy groups -OCH3 is 1. The third-order valence-corrected chi connectivity index (χ3v) is 2.82. The quantitative estimate of drug-likeness (QED) is 0.946. The molecule has 0 aliphatic heterocycles. The predicted molar refractivity (Wildman–Crippen MR) is 70.7 cm³/mol. The van der Waals surface area contributed by atoms with Gasteiger partial charge in [-0.1, -0.05) is 0 Å². The molecule has 0 radical (unpaired) electrons. The van der Waals surface area contributed by atoms with Crippen LogP contribution in [0.3, 0.4) is 0 Å². The average molecular weight is 308 g/mol. The molecule has 1 N–H and O–H groups in total. The second kappa shape index (κ2) is 5.59. The molecule has 0 bridgehead atoms. The zero-order valence-corrected chi connectivity index (χ0v) is 11.1. The van der Waals surface area contributed by atoms with Crippen LogP contribution < -0.4 is 10.1 Å². The van der Waals surface area contributed by atoms with Gasteiger partial charge < -0.3 is 10.1 Å². The molecule has 0 saturated carbocycles. The Balaban J connectivity index is 2.14. The number of hydrogen-bond acceptors (Lipinski definition) is 4. The van der Waals surface area contributed by atoms with Crippen LogP contribution in [0.25, 0.3) is 0 Å². The first-order valence-electron chi connectivity index (χ1n) is 5.12. The van der Waals surface area contributed by atoms with Gasteiger partial charge in [0.15, 0.2) is 0 Å². The number of rotatable bonds is 3. The normalized spacial score (nSPS) is 9.89. The van der Waals surface area contributed by atoms with Crippen LogP contribution in [0.2, 0.25) is 0 Å². The third kappa shape index (κ3) is 2.84. The van der Waals surface area contributed by atoms with Crippen LogP contribution in [-0.2, 0) is 0 Å². The number of carbonyl (C=O) groups excluding carboxylic acids is 1. The Labute approximate surface area is 112 Å². The van der Waals surface area contributed by atoms with Gasteiger partial charge >= 0.3 is 0 Å². The Morgan fingerprint density at radius 1 is 1.33 bits per heavy atom. The van der Waals surface area contributed by atoms with Crippen molar-refractivity contribution in [1.82, 2.24) is 9.97 Å². The van der Waals surface area contributed by atoms with Crippen LogP contribution in [0.1, 0.15) is 10.5 Å². The Kier molecular flexibility index (Phi) is 3.88. The smallest absolute Gasteiger partial charge is 0.275 e. The molecule has 2 rings (SSSR count). The average Bonchev–Trinajstić information content (AvgIpc) is 2.40. The van der Waals surface area contributed by atoms with Crippen LogP contribution in [0.5, 0.6) is 5.88 Å². The number of nitrogens with one attached hydrogen (secondary N) is 1. The molecule has 6 heteroatoms. The van der Waals surface area contributed by atoms with Crippen LogP contribution in [0.15, 0.2) is 41.1 Å². The lowest BCUT2D eigenvalue weighted by atomic mass is 10.3. The molecule has 2 heterocycles.